The van der Waals surface area contributed by atoms with Crippen molar-refractivity contribution in [2.24, 2.45) is 5.10 Å². The van der Waals surface area contributed by atoms with Crippen LogP contribution in [0.2, 0.25) is 0 Å². The number of nitrogens with zero attached hydrogens (tertiary/aromatic N) is 2. The highest BCUT2D eigenvalue weighted by Crippen LogP contribution is 2.28. The van der Waals surface area contributed by atoms with Gasteiger partial charge in [-0.25, -0.2) is 4.79 Å². The van der Waals surface area contributed by atoms with Crippen molar-refractivity contribution in [2.75, 3.05) is 13.7 Å². The molecule has 2 rings (SSSR count). The number of carbonyl (C=O) groups excluding carboxylic acids is 2. The van der Waals surface area contributed by atoms with E-state index in [-0.39, 0.29) is 5.91 Å². The minimum Gasteiger partial charge on any atom is -0.493 e. The van der Waals surface area contributed by atoms with Crippen LogP contribution in [0.4, 0.5) is 4.79 Å². The Bertz CT molecular complexity index is 686. The Kier molecular flexibility index (Phi) is 5.23. The second-order valence-electron chi connectivity index (χ2n) is 5.49. The van der Waals surface area contributed by atoms with Crippen molar-refractivity contribution in [3.63, 3.8) is 0 Å². The predicted molar refractivity (Wildman–Crippen MR) is 90.4 cm³/mol. The maximum absolute atomic E-state index is 12.3. The molecule has 0 spiro atoms. The third-order valence-electron chi connectivity index (χ3n) is 3.81. The molecule has 1 atom stereocenters. The molecule has 1 N–H and O–H groups in total. The first-order chi connectivity index (χ1) is 11.4. The lowest BCUT2D eigenvalue weighted by molar-refractivity contribution is -0.130. The summed E-state index contributed by atoms with van der Waals surface area (Å²) in [6, 6.07) is 4.66. The Balaban J connectivity index is 2.19. The maximum atomic E-state index is 12.3. The Hall–Kier alpha value is -2.83. The van der Waals surface area contributed by atoms with Crippen LogP contribution >= 0.6 is 0 Å². The molecule has 24 heavy (non-hydrogen) atoms. The van der Waals surface area contributed by atoms with Crippen LogP contribution in [0.1, 0.15) is 25.8 Å². The molecule has 0 bridgehead atoms. The molecule has 1 aromatic carbocycles. The topological polar surface area (TPSA) is 80.2 Å². The molecule has 3 amide bonds. The first-order valence-electron chi connectivity index (χ1n) is 7.57. The van der Waals surface area contributed by atoms with Crippen molar-refractivity contribution in [3.05, 3.63) is 36.4 Å². The number of ether oxygens (including phenoxy) is 2. The average molecular weight is 331 g/mol. The summed E-state index contributed by atoms with van der Waals surface area (Å²) in [5.74, 6) is 0.726. The number of rotatable bonds is 7. The summed E-state index contributed by atoms with van der Waals surface area (Å²) < 4.78 is 10.7. The van der Waals surface area contributed by atoms with Gasteiger partial charge in [-0.2, -0.15) is 5.10 Å². The molecule has 0 aromatic heterocycles. The monoisotopic (exact) mass is 331 g/mol. The first-order valence-corrected chi connectivity index (χ1v) is 7.57. The lowest BCUT2D eigenvalue weighted by Crippen LogP contribution is -2.42. The molecule has 1 saturated heterocycles. The lowest BCUT2D eigenvalue weighted by Gasteiger charge is -2.17. The number of imide groups is 1. The van der Waals surface area contributed by atoms with Crippen LogP contribution in [0.5, 0.6) is 11.5 Å². The van der Waals surface area contributed by atoms with E-state index >= 15 is 0 Å². The van der Waals surface area contributed by atoms with Crippen molar-refractivity contribution >= 4 is 18.2 Å². The summed E-state index contributed by atoms with van der Waals surface area (Å²) >= 11 is 0. The highest BCUT2D eigenvalue weighted by atomic mass is 16.5. The normalized spacial score (nSPS) is 20.4. The van der Waals surface area contributed by atoms with E-state index in [9.17, 15) is 9.59 Å². The zero-order valence-corrected chi connectivity index (χ0v) is 14.0. The van der Waals surface area contributed by atoms with Gasteiger partial charge in [-0.05, 0) is 37.1 Å². The number of carbonyl (C=O) groups is 2. The maximum Gasteiger partial charge on any atom is 0.346 e. The van der Waals surface area contributed by atoms with Gasteiger partial charge in [0.15, 0.2) is 11.5 Å². The molecule has 0 aliphatic carbocycles. The molecule has 1 fully saturated rings. The minimum atomic E-state index is -0.908. The van der Waals surface area contributed by atoms with Crippen molar-refractivity contribution in [3.8, 4) is 11.5 Å². The van der Waals surface area contributed by atoms with Crippen LogP contribution in [0, 0.1) is 0 Å². The summed E-state index contributed by atoms with van der Waals surface area (Å²) in [7, 11) is 1.53. The summed E-state index contributed by atoms with van der Waals surface area (Å²) in [6.07, 6.45) is 3.56. The molecule has 7 heteroatoms. The first kappa shape index (κ1) is 17.5. The van der Waals surface area contributed by atoms with Crippen LogP contribution in [0.15, 0.2) is 36.0 Å². The average Bonchev–Trinajstić information content (AvgIpc) is 2.81. The fourth-order valence-electron chi connectivity index (χ4n) is 2.17. The number of urea groups is 1. The SMILES string of the molecule is C=CCOc1ccc(/C=N/N2C(=O)NC(C)(CC)C2=O)cc1OC. The smallest absolute Gasteiger partial charge is 0.346 e. The molecule has 128 valence electrons. The van der Waals surface area contributed by atoms with Crippen LogP contribution in [0.25, 0.3) is 0 Å². The van der Waals surface area contributed by atoms with Crippen LogP contribution < -0.4 is 14.8 Å². The largest absolute Gasteiger partial charge is 0.493 e. The van der Waals surface area contributed by atoms with Gasteiger partial charge in [0.05, 0.1) is 13.3 Å². The van der Waals surface area contributed by atoms with Gasteiger partial charge in [-0.1, -0.05) is 19.6 Å². The highest BCUT2D eigenvalue weighted by Gasteiger charge is 2.46. The van der Waals surface area contributed by atoms with Crippen molar-refractivity contribution in [2.45, 2.75) is 25.8 Å². The summed E-state index contributed by atoms with van der Waals surface area (Å²) in [4.78, 5) is 24.2. The third kappa shape index (κ3) is 3.40. The summed E-state index contributed by atoms with van der Waals surface area (Å²) in [5.41, 5.74) is -0.238. The fourth-order valence-corrected chi connectivity index (χ4v) is 2.17. The number of hydrogen-bond donors (Lipinski definition) is 1. The lowest BCUT2D eigenvalue weighted by atomic mass is 10.00. The van der Waals surface area contributed by atoms with E-state index in [0.29, 0.717) is 30.1 Å². The molecular weight excluding hydrogens is 310 g/mol. The number of amides is 3. The Morgan fingerprint density at radius 2 is 2.12 bits per heavy atom. The summed E-state index contributed by atoms with van der Waals surface area (Å²) in [5, 5.41) is 7.49. The number of nitrogens with one attached hydrogen (secondary N) is 1. The molecule has 1 aromatic rings. The molecule has 1 heterocycles. The van der Waals surface area contributed by atoms with Crippen LogP contribution in [-0.4, -0.2) is 42.4 Å². The predicted octanol–water partition coefficient (Wildman–Crippen LogP) is 2.31. The second kappa shape index (κ2) is 7.16. The Morgan fingerprint density at radius 3 is 2.71 bits per heavy atom. The summed E-state index contributed by atoms with van der Waals surface area (Å²) in [6.45, 7) is 7.47. The van der Waals surface area contributed by atoms with E-state index in [4.69, 9.17) is 9.47 Å². The van der Waals surface area contributed by atoms with E-state index in [1.54, 1.807) is 31.2 Å². The van der Waals surface area contributed by atoms with E-state index in [1.807, 2.05) is 6.92 Å². The van der Waals surface area contributed by atoms with Crippen molar-refractivity contribution < 1.29 is 19.1 Å². The number of benzene rings is 1. The standard InChI is InChI=1S/C17H21N3O4/c1-5-9-24-13-8-7-12(10-14(13)23-4)11-18-20-15(21)17(3,6-2)19-16(20)22/h5,7-8,10-11H,1,6,9H2,2-4H3,(H,19,22)/b18-11+. The van der Waals surface area contributed by atoms with Gasteiger partial charge in [0.1, 0.15) is 12.1 Å². The zero-order chi connectivity index (χ0) is 17.7. The fraction of sp³-hybridized carbons (Fsp3) is 0.353. The van der Waals surface area contributed by atoms with Gasteiger partial charge >= 0.3 is 6.03 Å². The van der Waals surface area contributed by atoms with Crippen molar-refractivity contribution in [1.82, 2.24) is 10.3 Å². The number of hydrogen-bond acceptors (Lipinski definition) is 5. The second-order valence-corrected chi connectivity index (χ2v) is 5.49. The van der Waals surface area contributed by atoms with Crippen LogP contribution in [0.3, 0.4) is 0 Å². The quantitative estimate of drug-likeness (QED) is 0.472. The highest BCUT2D eigenvalue weighted by molar-refractivity contribution is 6.07. The molecule has 7 nitrogen and oxygen atoms in total. The van der Waals surface area contributed by atoms with E-state index in [0.717, 1.165) is 5.01 Å². The van der Waals surface area contributed by atoms with Crippen molar-refractivity contribution in [1.29, 1.82) is 0 Å². The molecule has 0 radical (unpaired) electrons. The molecular formula is C17H21N3O4. The van der Waals surface area contributed by atoms with Gasteiger partial charge in [0, 0.05) is 0 Å². The van der Waals surface area contributed by atoms with Crippen LogP contribution in [-0.2, 0) is 4.79 Å². The zero-order valence-electron chi connectivity index (χ0n) is 14.0. The van der Waals surface area contributed by atoms with Gasteiger partial charge in [-0.15, -0.1) is 5.01 Å². The third-order valence-corrected chi connectivity index (χ3v) is 3.81. The molecule has 1 aliphatic rings. The number of hydrazone groups is 1. The molecule has 1 aliphatic heterocycles. The van der Waals surface area contributed by atoms with E-state index in [1.165, 1.54) is 13.3 Å². The Labute approximate surface area is 140 Å². The number of methoxy groups -OCH3 is 1. The molecule has 1 unspecified atom stereocenters. The molecule has 0 saturated carbocycles. The Morgan fingerprint density at radius 1 is 1.38 bits per heavy atom. The van der Waals surface area contributed by atoms with Gasteiger partial charge in [0.25, 0.3) is 5.91 Å². The van der Waals surface area contributed by atoms with E-state index < -0.39 is 11.6 Å². The van der Waals surface area contributed by atoms with Gasteiger partial charge in [-0.3, -0.25) is 4.79 Å². The van der Waals surface area contributed by atoms with Gasteiger partial charge in [0.2, 0.25) is 0 Å². The van der Waals surface area contributed by atoms with Gasteiger partial charge < -0.3 is 14.8 Å². The van der Waals surface area contributed by atoms with E-state index in [2.05, 4.69) is 17.0 Å². The minimum absolute atomic E-state index is 0.363.